The predicted molar refractivity (Wildman–Crippen MR) is 89.0 cm³/mol. The molecule has 0 aliphatic carbocycles. The second-order valence-corrected chi connectivity index (χ2v) is 5.54. The molecule has 0 fully saturated rings. The van der Waals surface area contributed by atoms with Crippen LogP contribution >= 0.6 is 0 Å². The van der Waals surface area contributed by atoms with Gasteiger partial charge in [0.15, 0.2) is 5.84 Å². The third-order valence-corrected chi connectivity index (χ3v) is 3.54. The van der Waals surface area contributed by atoms with E-state index in [0.717, 1.165) is 41.1 Å². The van der Waals surface area contributed by atoms with Crippen LogP contribution in [-0.4, -0.2) is 27.8 Å². The number of hydrogen-bond donors (Lipinski definition) is 2. The number of nitrogens with zero attached hydrogens (tertiary/aromatic N) is 3. The van der Waals surface area contributed by atoms with E-state index in [1.54, 1.807) is 0 Å². The molecule has 6 heteroatoms. The zero-order valence-electron chi connectivity index (χ0n) is 13.7. The standard InChI is InChI=1S/C17H22N4O2/c1-11-9-14(17(18)21-22)10-12(2)16(11)23-8-4-5-15-7-6-13(3)19-20-15/h6-7,9-10,22H,4-5,8H2,1-3H3,(H2,18,21). The molecule has 0 saturated heterocycles. The van der Waals surface area contributed by atoms with Crippen molar-refractivity contribution in [1.29, 1.82) is 0 Å². The maximum atomic E-state index is 8.76. The first-order valence-electron chi connectivity index (χ1n) is 7.52. The van der Waals surface area contributed by atoms with Gasteiger partial charge in [-0.3, -0.25) is 0 Å². The van der Waals surface area contributed by atoms with Crippen LogP contribution in [-0.2, 0) is 6.42 Å². The number of ether oxygens (including phenoxy) is 1. The molecule has 122 valence electrons. The zero-order chi connectivity index (χ0) is 16.8. The molecule has 0 aliphatic rings. The highest BCUT2D eigenvalue weighted by Gasteiger charge is 2.09. The van der Waals surface area contributed by atoms with Crippen LogP contribution in [0.3, 0.4) is 0 Å². The molecule has 0 amide bonds. The fraction of sp³-hybridized carbons (Fsp3) is 0.353. The smallest absolute Gasteiger partial charge is 0.170 e. The fourth-order valence-corrected chi connectivity index (χ4v) is 2.37. The van der Waals surface area contributed by atoms with Crippen molar-refractivity contribution < 1.29 is 9.94 Å². The molecule has 2 rings (SSSR count). The van der Waals surface area contributed by atoms with E-state index in [4.69, 9.17) is 15.7 Å². The summed E-state index contributed by atoms with van der Waals surface area (Å²) in [5, 5.41) is 20.0. The van der Waals surface area contributed by atoms with Gasteiger partial charge in [0.05, 0.1) is 18.0 Å². The maximum absolute atomic E-state index is 8.76. The third-order valence-electron chi connectivity index (χ3n) is 3.54. The average molecular weight is 314 g/mol. The largest absolute Gasteiger partial charge is 0.493 e. The minimum atomic E-state index is 0.0979. The summed E-state index contributed by atoms with van der Waals surface area (Å²) in [6.45, 7) is 6.41. The van der Waals surface area contributed by atoms with Gasteiger partial charge in [0.25, 0.3) is 0 Å². The van der Waals surface area contributed by atoms with E-state index in [0.29, 0.717) is 12.2 Å². The molecule has 0 atom stereocenters. The molecule has 3 N–H and O–H groups in total. The predicted octanol–water partition coefficient (Wildman–Crippen LogP) is 2.51. The van der Waals surface area contributed by atoms with E-state index in [-0.39, 0.29) is 5.84 Å². The number of amidine groups is 1. The molecule has 0 radical (unpaired) electrons. The van der Waals surface area contributed by atoms with E-state index in [1.165, 1.54) is 0 Å². The lowest BCUT2D eigenvalue weighted by molar-refractivity contribution is 0.306. The maximum Gasteiger partial charge on any atom is 0.170 e. The normalized spacial score (nSPS) is 11.5. The molecule has 0 bridgehead atoms. The summed E-state index contributed by atoms with van der Waals surface area (Å²) in [7, 11) is 0. The first-order chi connectivity index (χ1) is 11.0. The Morgan fingerprint density at radius 1 is 1.17 bits per heavy atom. The Morgan fingerprint density at radius 2 is 1.87 bits per heavy atom. The summed E-state index contributed by atoms with van der Waals surface area (Å²) in [4.78, 5) is 0. The van der Waals surface area contributed by atoms with E-state index >= 15 is 0 Å². The van der Waals surface area contributed by atoms with Gasteiger partial charge in [-0.05, 0) is 69.0 Å². The average Bonchev–Trinajstić information content (AvgIpc) is 2.54. The summed E-state index contributed by atoms with van der Waals surface area (Å²) in [5.74, 6) is 0.940. The molecule has 1 heterocycles. The first-order valence-corrected chi connectivity index (χ1v) is 7.52. The summed E-state index contributed by atoms with van der Waals surface area (Å²) < 4.78 is 5.89. The molecule has 1 aromatic heterocycles. The van der Waals surface area contributed by atoms with Crippen molar-refractivity contribution in [2.75, 3.05) is 6.61 Å². The number of rotatable bonds is 6. The highest BCUT2D eigenvalue weighted by atomic mass is 16.5. The van der Waals surface area contributed by atoms with Crippen LogP contribution in [0.5, 0.6) is 5.75 Å². The molecule has 2 aromatic rings. The van der Waals surface area contributed by atoms with Crippen LogP contribution in [0.1, 0.15) is 34.5 Å². The quantitative estimate of drug-likeness (QED) is 0.281. The summed E-state index contributed by atoms with van der Waals surface area (Å²) >= 11 is 0. The summed E-state index contributed by atoms with van der Waals surface area (Å²) in [6.07, 6.45) is 1.69. The van der Waals surface area contributed by atoms with Crippen LogP contribution in [0.15, 0.2) is 29.4 Å². The van der Waals surface area contributed by atoms with Crippen molar-refractivity contribution >= 4 is 5.84 Å². The number of aromatic nitrogens is 2. The second kappa shape index (κ2) is 7.58. The van der Waals surface area contributed by atoms with Crippen LogP contribution in [0.4, 0.5) is 0 Å². The van der Waals surface area contributed by atoms with Gasteiger partial charge in [-0.25, -0.2) is 0 Å². The SMILES string of the molecule is Cc1ccc(CCCOc2c(C)cc(C(N)=NO)cc2C)nn1. The Labute approximate surface area is 136 Å². The lowest BCUT2D eigenvalue weighted by Crippen LogP contribution is -2.14. The summed E-state index contributed by atoms with van der Waals surface area (Å²) in [6, 6.07) is 7.65. The molecule has 1 aromatic carbocycles. The van der Waals surface area contributed by atoms with Gasteiger partial charge in [0.1, 0.15) is 5.75 Å². The number of hydrogen-bond acceptors (Lipinski definition) is 5. The van der Waals surface area contributed by atoms with Crippen molar-refractivity contribution in [2.45, 2.75) is 33.6 Å². The number of benzene rings is 1. The molecular weight excluding hydrogens is 292 g/mol. The number of nitrogens with two attached hydrogens (primary N) is 1. The molecule has 0 saturated carbocycles. The Kier molecular flexibility index (Phi) is 5.51. The van der Waals surface area contributed by atoms with Crippen molar-refractivity contribution in [1.82, 2.24) is 10.2 Å². The van der Waals surface area contributed by atoms with E-state index in [2.05, 4.69) is 15.4 Å². The highest BCUT2D eigenvalue weighted by Crippen LogP contribution is 2.25. The van der Waals surface area contributed by atoms with Gasteiger partial charge < -0.3 is 15.7 Å². The van der Waals surface area contributed by atoms with E-state index in [1.807, 2.05) is 45.0 Å². The summed E-state index contributed by atoms with van der Waals surface area (Å²) in [5.41, 5.74) is 10.1. The van der Waals surface area contributed by atoms with Crippen molar-refractivity contribution in [2.24, 2.45) is 10.9 Å². The second-order valence-electron chi connectivity index (χ2n) is 5.54. The topological polar surface area (TPSA) is 93.6 Å². The first kappa shape index (κ1) is 16.7. The van der Waals surface area contributed by atoms with Crippen molar-refractivity contribution in [3.05, 3.63) is 52.3 Å². The Morgan fingerprint density at radius 3 is 2.43 bits per heavy atom. The molecule has 6 nitrogen and oxygen atoms in total. The molecule has 0 spiro atoms. The van der Waals surface area contributed by atoms with Gasteiger partial charge in [0, 0.05) is 5.56 Å². The molecular formula is C17H22N4O2. The van der Waals surface area contributed by atoms with E-state index in [9.17, 15) is 0 Å². The van der Waals surface area contributed by atoms with Gasteiger partial charge in [-0.2, -0.15) is 10.2 Å². The molecule has 0 unspecified atom stereocenters. The van der Waals surface area contributed by atoms with Gasteiger partial charge in [-0.1, -0.05) is 5.16 Å². The third kappa shape index (κ3) is 4.42. The van der Waals surface area contributed by atoms with Crippen molar-refractivity contribution in [3.63, 3.8) is 0 Å². The molecule has 0 aliphatic heterocycles. The fourth-order valence-electron chi connectivity index (χ4n) is 2.37. The minimum Gasteiger partial charge on any atom is -0.493 e. The van der Waals surface area contributed by atoms with Crippen LogP contribution < -0.4 is 10.5 Å². The van der Waals surface area contributed by atoms with Gasteiger partial charge in [-0.15, -0.1) is 0 Å². The monoisotopic (exact) mass is 314 g/mol. The Bertz CT molecular complexity index is 673. The van der Waals surface area contributed by atoms with Crippen LogP contribution in [0.25, 0.3) is 0 Å². The van der Waals surface area contributed by atoms with Crippen molar-refractivity contribution in [3.8, 4) is 5.75 Å². The highest BCUT2D eigenvalue weighted by molar-refractivity contribution is 5.97. The zero-order valence-corrected chi connectivity index (χ0v) is 13.7. The molecule has 23 heavy (non-hydrogen) atoms. The lowest BCUT2D eigenvalue weighted by atomic mass is 10.1. The van der Waals surface area contributed by atoms with Crippen LogP contribution in [0, 0.1) is 20.8 Å². The number of oxime groups is 1. The van der Waals surface area contributed by atoms with Crippen LogP contribution in [0.2, 0.25) is 0 Å². The van der Waals surface area contributed by atoms with Gasteiger partial charge in [0.2, 0.25) is 0 Å². The minimum absolute atomic E-state index is 0.0979. The Hall–Kier alpha value is -2.63. The van der Waals surface area contributed by atoms with E-state index < -0.39 is 0 Å². The Balaban J connectivity index is 1.94. The van der Waals surface area contributed by atoms with Gasteiger partial charge >= 0.3 is 0 Å². The number of aryl methyl sites for hydroxylation is 4. The lowest BCUT2D eigenvalue weighted by Gasteiger charge is -2.13.